The van der Waals surface area contributed by atoms with Crippen molar-refractivity contribution in [3.05, 3.63) is 129 Å². The maximum absolute atomic E-state index is 13.9. The highest BCUT2D eigenvalue weighted by Gasteiger charge is 2.31. The fraction of sp³-hybridized carbons (Fsp3) is 0.263. The van der Waals surface area contributed by atoms with Gasteiger partial charge >= 0.3 is 6.18 Å². The lowest BCUT2D eigenvalue weighted by Gasteiger charge is -2.19. The molecule has 1 atom stereocenters. The number of nitrogens with one attached hydrogen (secondary N) is 2. The van der Waals surface area contributed by atoms with Crippen molar-refractivity contribution in [2.75, 3.05) is 17.6 Å². The molecule has 0 spiro atoms. The van der Waals surface area contributed by atoms with Crippen LogP contribution in [0.2, 0.25) is 5.02 Å². The van der Waals surface area contributed by atoms with E-state index in [1.807, 2.05) is 30.3 Å². The first-order valence-corrected chi connectivity index (χ1v) is 17.7. The minimum absolute atomic E-state index is 0.0112. The third kappa shape index (κ3) is 11.0. The zero-order valence-corrected chi connectivity index (χ0v) is 29.5. The van der Waals surface area contributed by atoms with Gasteiger partial charge in [0.05, 0.1) is 22.3 Å². The molecule has 4 rings (SSSR count). The molecule has 1 unspecified atom stereocenters. The highest BCUT2D eigenvalue weighted by molar-refractivity contribution is 7.85. The summed E-state index contributed by atoms with van der Waals surface area (Å²) in [5.41, 5.74) is 3.84. The Labute approximate surface area is 295 Å². The first kappa shape index (κ1) is 38.4. The predicted molar refractivity (Wildman–Crippen MR) is 192 cm³/mol. The van der Waals surface area contributed by atoms with Crippen molar-refractivity contribution < 1.29 is 35.7 Å². The van der Waals surface area contributed by atoms with Gasteiger partial charge in [-0.1, -0.05) is 93.1 Å². The number of amides is 2. The van der Waals surface area contributed by atoms with Crippen LogP contribution in [0.4, 0.5) is 18.9 Å². The molecule has 0 aliphatic carbocycles. The molecular formula is C38H38ClF3N2O5S. The van der Waals surface area contributed by atoms with E-state index in [1.165, 1.54) is 6.07 Å². The number of hydrogen-bond donors (Lipinski definition) is 3. The van der Waals surface area contributed by atoms with E-state index in [-0.39, 0.29) is 34.9 Å². The number of allylic oxidation sites excluding steroid dienone is 1. The summed E-state index contributed by atoms with van der Waals surface area (Å²) in [5.74, 6) is -2.12. The molecule has 7 nitrogen and oxygen atoms in total. The molecular weight excluding hydrogens is 689 g/mol. The van der Waals surface area contributed by atoms with Crippen LogP contribution in [-0.4, -0.2) is 37.1 Å². The van der Waals surface area contributed by atoms with Crippen LogP contribution in [0.25, 0.3) is 17.2 Å². The number of carbonyl (C=O) groups excluding carboxylic acids is 2. The van der Waals surface area contributed by atoms with E-state index in [9.17, 15) is 31.2 Å². The maximum Gasteiger partial charge on any atom is 0.416 e. The molecule has 0 saturated heterocycles. The summed E-state index contributed by atoms with van der Waals surface area (Å²) >= 11 is 6.59. The molecule has 264 valence electrons. The van der Waals surface area contributed by atoms with Gasteiger partial charge < -0.3 is 10.6 Å². The van der Waals surface area contributed by atoms with E-state index in [1.54, 1.807) is 49.4 Å². The number of carbonyl (C=O) groups is 2. The second-order valence-corrected chi connectivity index (χ2v) is 15.1. The summed E-state index contributed by atoms with van der Waals surface area (Å²) in [6.07, 6.45) is -0.0945. The van der Waals surface area contributed by atoms with Crippen LogP contribution in [0.15, 0.2) is 91.0 Å². The Kier molecular flexibility index (Phi) is 12.0. The van der Waals surface area contributed by atoms with Crippen LogP contribution in [0.5, 0.6) is 0 Å². The Morgan fingerprint density at radius 2 is 1.54 bits per heavy atom. The van der Waals surface area contributed by atoms with Crippen molar-refractivity contribution in [3.8, 4) is 11.1 Å². The van der Waals surface area contributed by atoms with E-state index in [0.717, 1.165) is 28.8 Å². The van der Waals surface area contributed by atoms with Crippen LogP contribution < -0.4 is 10.6 Å². The van der Waals surface area contributed by atoms with E-state index >= 15 is 0 Å². The molecule has 0 radical (unpaired) electrons. The van der Waals surface area contributed by atoms with Crippen LogP contribution >= 0.6 is 11.6 Å². The summed E-state index contributed by atoms with van der Waals surface area (Å²) in [4.78, 5) is 26.3. The number of hydrogen-bond acceptors (Lipinski definition) is 4. The smallest absolute Gasteiger partial charge is 0.351 e. The van der Waals surface area contributed by atoms with Gasteiger partial charge in [-0.05, 0) is 83.0 Å². The minimum Gasteiger partial charge on any atom is -0.351 e. The number of rotatable bonds is 11. The van der Waals surface area contributed by atoms with Crippen LogP contribution in [0, 0.1) is 12.3 Å². The molecule has 0 heterocycles. The van der Waals surface area contributed by atoms with Gasteiger partial charge in [0.15, 0.2) is 0 Å². The normalized spacial score (nSPS) is 12.9. The van der Waals surface area contributed by atoms with Crippen LogP contribution in [0.1, 0.15) is 64.9 Å². The van der Waals surface area contributed by atoms with E-state index in [2.05, 4.69) is 37.5 Å². The van der Waals surface area contributed by atoms with Crippen molar-refractivity contribution in [2.45, 2.75) is 46.2 Å². The molecule has 4 aromatic rings. The standard InChI is InChI=1S/C38H38ClF3N2O5S/c1-24-21-29(38(40,41)42)13-15-31(24)32-16-14-30(23-34(32)39)44-36(46)33(27-9-5-25(6-10-27)17-18-37(2,3)4)22-26-7-11-28(12-8-26)35(45)43-19-20-50(47,48)49/h5-18,21,23,33H,19-20,22H2,1-4H3,(H,43,45)(H,44,46)(H,47,48,49)/b18-17+. The predicted octanol–water partition coefficient (Wildman–Crippen LogP) is 8.98. The summed E-state index contributed by atoms with van der Waals surface area (Å²) in [6.45, 7) is 7.61. The average molecular weight is 727 g/mol. The van der Waals surface area contributed by atoms with Crippen molar-refractivity contribution in [1.82, 2.24) is 5.32 Å². The Morgan fingerprint density at radius 3 is 2.10 bits per heavy atom. The Balaban J connectivity index is 1.57. The average Bonchev–Trinajstić information content (AvgIpc) is 3.02. The van der Waals surface area contributed by atoms with Gasteiger partial charge in [0, 0.05) is 23.4 Å². The van der Waals surface area contributed by atoms with Crippen molar-refractivity contribution >= 4 is 45.3 Å². The molecule has 0 saturated carbocycles. The van der Waals surface area contributed by atoms with Gasteiger partial charge in [-0.3, -0.25) is 14.1 Å². The highest BCUT2D eigenvalue weighted by Crippen LogP contribution is 2.37. The zero-order chi connectivity index (χ0) is 36.9. The molecule has 12 heteroatoms. The number of benzene rings is 4. The first-order chi connectivity index (χ1) is 23.3. The first-order valence-electron chi connectivity index (χ1n) is 15.7. The lowest BCUT2D eigenvalue weighted by Crippen LogP contribution is -2.28. The minimum atomic E-state index is -4.47. The Morgan fingerprint density at radius 1 is 0.900 bits per heavy atom. The number of anilines is 1. The summed E-state index contributed by atoms with van der Waals surface area (Å²) in [7, 11) is -4.22. The second-order valence-electron chi connectivity index (χ2n) is 13.1. The SMILES string of the molecule is Cc1cc(C(F)(F)F)ccc1-c1ccc(NC(=O)C(Cc2ccc(C(=O)NCCS(=O)(=O)O)cc2)c2ccc(/C=C/C(C)(C)C)cc2)cc1Cl. The molecule has 0 aliphatic rings. The lowest BCUT2D eigenvalue weighted by molar-refractivity contribution is -0.137. The van der Waals surface area contributed by atoms with Crippen molar-refractivity contribution in [1.29, 1.82) is 0 Å². The Bertz CT molecular complexity index is 1990. The molecule has 0 bridgehead atoms. The molecule has 0 fully saturated rings. The van der Waals surface area contributed by atoms with Crippen molar-refractivity contribution in [3.63, 3.8) is 0 Å². The van der Waals surface area contributed by atoms with Gasteiger partial charge in [0.2, 0.25) is 5.91 Å². The zero-order valence-electron chi connectivity index (χ0n) is 27.9. The number of aryl methyl sites for hydroxylation is 1. The lowest BCUT2D eigenvalue weighted by atomic mass is 9.89. The second kappa shape index (κ2) is 15.6. The van der Waals surface area contributed by atoms with E-state index in [0.29, 0.717) is 22.4 Å². The molecule has 3 N–H and O–H groups in total. The topological polar surface area (TPSA) is 113 Å². The van der Waals surface area contributed by atoms with Crippen molar-refractivity contribution in [2.24, 2.45) is 5.41 Å². The van der Waals surface area contributed by atoms with Crippen LogP contribution in [-0.2, 0) is 27.5 Å². The molecule has 0 aromatic heterocycles. The fourth-order valence-electron chi connectivity index (χ4n) is 5.15. The number of alkyl halides is 3. The van der Waals surface area contributed by atoms with Gasteiger partial charge in [-0.25, -0.2) is 0 Å². The molecule has 0 aliphatic heterocycles. The molecule has 50 heavy (non-hydrogen) atoms. The Hall–Kier alpha value is -4.45. The summed E-state index contributed by atoms with van der Waals surface area (Å²) in [5, 5.41) is 5.62. The third-order valence-electron chi connectivity index (χ3n) is 7.81. The van der Waals surface area contributed by atoms with Gasteiger partial charge in [-0.15, -0.1) is 0 Å². The maximum atomic E-state index is 13.9. The molecule has 4 aromatic carbocycles. The molecule has 2 amide bonds. The summed E-state index contributed by atoms with van der Waals surface area (Å²) in [6, 6.07) is 22.5. The monoisotopic (exact) mass is 726 g/mol. The number of halogens is 4. The quantitative estimate of drug-likeness (QED) is 0.134. The highest BCUT2D eigenvalue weighted by atomic mass is 35.5. The van der Waals surface area contributed by atoms with E-state index in [4.69, 9.17) is 16.2 Å². The van der Waals surface area contributed by atoms with Gasteiger partial charge in [0.1, 0.15) is 0 Å². The van der Waals surface area contributed by atoms with Crippen LogP contribution in [0.3, 0.4) is 0 Å². The summed E-state index contributed by atoms with van der Waals surface area (Å²) < 4.78 is 70.4. The van der Waals surface area contributed by atoms with Gasteiger partial charge in [0.25, 0.3) is 16.0 Å². The fourth-order valence-corrected chi connectivity index (χ4v) is 5.80. The largest absolute Gasteiger partial charge is 0.416 e. The third-order valence-corrected chi connectivity index (χ3v) is 8.85. The van der Waals surface area contributed by atoms with Gasteiger partial charge in [-0.2, -0.15) is 21.6 Å². The van der Waals surface area contributed by atoms with E-state index < -0.39 is 39.4 Å².